The van der Waals surface area contributed by atoms with E-state index in [4.69, 9.17) is 5.73 Å². The van der Waals surface area contributed by atoms with Crippen LogP contribution >= 0.6 is 15.9 Å². The Kier molecular flexibility index (Phi) is 5.52. The topological polar surface area (TPSA) is 72.2 Å². The number of halogens is 1. The SMILES string of the molecule is NCc1cccc(CS(=O)(=O)NCc2ccc(Br)cc2)c1. The molecule has 3 N–H and O–H groups in total. The third kappa shape index (κ3) is 5.24. The molecule has 2 rings (SSSR count). The third-order valence-corrected chi connectivity index (χ3v) is 4.82. The average molecular weight is 369 g/mol. The summed E-state index contributed by atoms with van der Waals surface area (Å²) in [5, 5.41) is 0. The first-order valence-corrected chi connectivity index (χ1v) is 8.93. The molecular formula is C15H17BrN2O2S. The van der Waals surface area contributed by atoms with Crippen LogP contribution in [-0.4, -0.2) is 8.42 Å². The van der Waals surface area contributed by atoms with E-state index in [1.54, 1.807) is 6.07 Å². The summed E-state index contributed by atoms with van der Waals surface area (Å²) < 4.78 is 27.7. The van der Waals surface area contributed by atoms with Gasteiger partial charge in [-0.05, 0) is 28.8 Å². The van der Waals surface area contributed by atoms with Crippen LogP contribution in [0.25, 0.3) is 0 Å². The number of hydrogen-bond donors (Lipinski definition) is 2. The Balaban J connectivity index is 1.99. The number of rotatable bonds is 6. The van der Waals surface area contributed by atoms with Crippen LogP contribution in [0.2, 0.25) is 0 Å². The molecular weight excluding hydrogens is 352 g/mol. The van der Waals surface area contributed by atoms with Crippen molar-refractivity contribution < 1.29 is 8.42 Å². The fourth-order valence-corrected chi connectivity index (χ4v) is 3.28. The van der Waals surface area contributed by atoms with Gasteiger partial charge in [-0.2, -0.15) is 0 Å². The Morgan fingerprint density at radius 1 is 1.00 bits per heavy atom. The van der Waals surface area contributed by atoms with Gasteiger partial charge in [0, 0.05) is 17.6 Å². The second kappa shape index (κ2) is 7.17. The van der Waals surface area contributed by atoms with Crippen molar-refractivity contribution in [3.05, 3.63) is 69.7 Å². The molecule has 0 saturated heterocycles. The third-order valence-electron chi connectivity index (χ3n) is 2.99. The van der Waals surface area contributed by atoms with E-state index in [2.05, 4.69) is 20.7 Å². The highest BCUT2D eigenvalue weighted by molar-refractivity contribution is 9.10. The predicted octanol–water partition coefficient (Wildman–Crippen LogP) is 2.53. The Morgan fingerprint density at radius 3 is 2.33 bits per heavy atom. The van der Waals surface area contributed by atoms with Gasteiger partial charge in [-0.3, -0.25) is 0 Å². The minimum Gasteiger partial charge on any atom is -0.326 e. The lowest BCUT2D eigenvalue weighted by molar-refractivity contribution is 0.580. The molecule has 112 valence electrons. The summed E-state index contributed by atoms with van der Waals surface area (Å²) in [7, 11) is -3.37. The number of sulfonamides is 1. The van der Waals surface area contributed by atoms with E-state index >= 15 is 0 Å². The summed E-state index contributed by atoms with van der Waals surface area (Å²) >= 11 is 3.34. The number of hydrogen-bond acceptors (Lipinski definition) is 3. The highest BCUT2D eigenvalue weighted by Crippen LogP contribution is 2.12. The first-order chi connectivity index (χ1) is 9.98. The summed E-state index contributed by atoms with van der Waals surface area (Å²) in [6.07, 6.45) is 0. The first kappa shape index (κ1) is 16.2. The zero-order valence-corrected chi connectivity index (χ0v) is 13.8. The highest BCUT2D eigenvalue weighted by Gasteiger charge is 2.11. The Labute approximate surface area is 133 Å². The Bertz CT molecular complexity index is 700. The van der Waals surface area contributed by atoms with E-state index in [9.17, 15) is 8.42 Å². The summed E-state index contributed by atoms with van der Waals surface area (Å²) in [5.74, 6) is -0.0443. The van der Waals surface area contributed by atoms with Crippen LogP contribution in [0.15, 0.2) is 53.0 Å². The average Bonchev–Trinajstić information content (AvgIpc) is 2.46. The van der Waals surface area contributed by atoms with Crippen molar-refractivity contribution in [1.82, 2.24) is 4.72 Å². The summed E-state index contributed by atoms with van der Waals surface area (Å²) in [4.78, 5) is 0. The van der Waals surface area contributed by atoms with Crippen LogP contribution < -0.4 is 10.5 Å². The molecule has 0 bridgehead atoms. The van der Waals surface area contributed by atoms with Gasteiger partial charge in [0.25, 0.3) is 0 Å². The molecule has 0 spiro atoms. The molecule has 0 atom stereocenters. The van der Waals surface area contributed by atoms with E-state index in [-0.39, 0.29) is 12.3 Å². The van der Waals surface area contributed by atoms with Crippen molar-refractivity contribution in [3.63, 3.8) is 0 Å². The van der Waals surface area contributed by atoms with Gasteiger partial charge in [-0.1, -0.05) is 52.3 Å². The minimum atomic E-state index is -3.37. The molecule has 2 aromatic rings. The van der Waals surface area contributed by atoms with E-state index in [0.29, 0.717) is 6.54 Å². The normalized spacial score (nSPS) is 11.5. The molecule has 0 amide bonds. The van der Waals surface area contributed by atoms with Gasteiger partial charge >= 0.3 is 0 Å². The van der Waals surface area contributed by atoms with E-state index in [1.807, 2.05) is 42.5 Å². The summed E-state index contributed by atoms with van der Waals surface area (Å²) in [5.41, 5.74) is 8.14. The quantitative estimate of drug-likeness (QED) is 0.822. The molecule has 0 aliphatic rings. The van der Waals surface area contributed by atoms with E-state index in [0.717, 1.165) is 21.2 Å². The van der Waals surface area contributed by atoms with Crippen LogP contribution in [-0.2, 0) is 28.9 Å². The van der Waals surface area contributed by atoms with E-state index in [1.165, 1.54) is 0 Å². The Morgan fingerprint density at radius 2 is 1.67 bits per heavy atom. The molecule has 0 aromatic heterocycles. The molecule has 0 fully saturated rings. The highest BCUT2D eigenvalue weighted by atomic mass is 79.9. The largest absolute Gasteiger partial charge is 0.326 e. The summed E-state index contributed by atoms with van der Waals surface area (Å²) in [6, 6.07) is 14.8. The molecule has 6 heteroatoms. The first-order valence-electron chi connectivity index (χ1n) is 6.48. The molecule has 0 saturated carbocycles. The molecule has 21 heavy (non-hydrogen) atoms. The van der Waals surface area contributed by atoms with Crippen LogP contribution in [0.1, 0.15) is 16.7 Å². The van der Waals surface area contributed by atoms with Crippen LogP contribution in [0.5, 0.6) is 0 Å². The van der Waals surface area contributed by atoms with Crippen LogP contribution in [0, 0.1) is 0 Å². The number of benzene rings is 2. The fourth-order valence-electron chi connectivity index (χ4n) is 1.91. The number of nitrogens with one attached hydrogen (secondary N) is 1. The number of nitrogens with two attached hydrogens (primary N) is 1. The van der Waals surface area contributed by atoms with Crippen molar-refractivity contribution in [2.45, 2.75) is 18.8 Å². The van der Waals surface area contributed by atoms with Gasteiger partial charge in [-0.15, -0.1) is 0 Å². The maximum atomic E-state index is 12.1. The molecule has 2 aromatic carbocycles. The van der Waals surface area contributed by atoms with Crippen LogP contribution in [0.4, 0.5) is 0 Å². The smallest absolute Gasteiger partial charge is 0.216 e. The standard InChI is InChI=1S/C15H17BrN2O2S/c16-15-6-4-12(5-7-15)10-18-21(19,20)11-14-3-1-2-13(8-14)9-17/h1-8,18H,9-11,17H2. The van der Waals surface area contributed by atoms with Gasteiger partial charge in [0.15, 0.2) is 0 Å². The zero-order chi connectivity index (χ0) is 15.3. The van der Waals surface area contributed by atoms with Crippen LogP contribution in [0.3, 0.4) is 0 Å². The second-order valence-corrected chi connectivity index (χ2v) is 7.45. The molecule has 0 heterocycles. The van der Waals surface area contributed by atoms with Crippen molar-refractivity contribution in [2.24, 2.45) is 5.73 Å². The van der Waals surface area contributed by atoms with Gasteiger partial charge in [0.1, 0.15) is 0 Å². The maximum absolute atomic E-state index is 12.1. The van der Waals surface area contributed by atoms with Gasteiger partial charge in [0.05, 0.1) is 5.75 Å². The maximum Gasteiger partial charge on any atom is 0.216 e. The molecule has 0 aliphatic heterocycles. The molecule has 0 radical (unpaired) electrons. The van der Waals surface area contributed by atoms with Crippen molar-refractivity contribution >= 4 is 26.0 Å². The Hall–Kier alpha value is -1.21. The molecule has 0 aliphatic carbocycles. The fraction of sp³-hybridized carbons (Fsp3) is 0.200. The van der Waals surface area contributed by atoms with Crippen molar-refractivity contribution in [2.75, 3.05) is 0 Å². The monoisotopic (exact) mass is 368 g/mol. The second-order valence-electron chi connectivity index (χ2n) is 4.73. The lowest BCUT2D eigenvalue weighted by Crippen LogP contribution is -2.24. The van der Waals surface area contributed by atoms with Gasteiger partial charge < -0.3 is 5.73 Å². The predicted molar refractivity (Wildman–Crippen MR) is 87.9 cm³/mol. The zero-order valence-electron chi connectivity index (χ0n) is 11.4. The van der Waals surface area contributed by atoms with Crippen molar-refractivity contribution in [3.8, 4) is 0 Å². The minimum absolute atomic E-state index is 0.0443. The molecule has 4 nitrogen and oxygen atoms in total. The molecule has 0 unspecified atom stereocenters. The van der Waals surface area contributed by atoms with Crippen molar-refractivity contribution in [1.29, 1.82) is 0 Å². The van der Waals surface area contributed by atoms with E-state index < -0.39 is 10.0 Å². The lowest BCUT2D eigenvalue weighted by atomic mass is 10.1. The van der Waals surface area contributed by atoms with Gasteiger partial charge in [0.2, 0.25) is 10.0 Å². The van der Waals surface area contributed by atoms with Gasteiger partial charge in [-0.25, -0.2) is 13.1 Å². The lowest BCUT2D eigenvalue weighted by Gasteiger charge is -2.08. The summed E-state index contributed by atoms with van der Waals surface area (Å²) in [6.45, 7) is 0.687.